The number of carbonyl (C=O) groups is 1. The van der Waals surface area contributed by atoms with Crippen molar-refractivity contribution in [3.63, 3.8) is 0 Å². The first-order valence-electron chi connectivity index (χ1n) is 5.64. The van der Waals surface area contributed by atoms with E-state index in [0.717, 1.165) is 6.07 Å². The van der Waals surface area contributed by atoms with Gasteiger partial charge in [0.25, 0.3) is 0 Å². The first-order chi connectivity index (χ1) is 9.49. The van der Waals surface area contributed by atoms with E-state index in [4.69, 9.17) is 22.1 Å². The standard InChI is InChI=1S/C14H10ClF2NO2/c15-10-6-8(4-5-12(10)18)14(19)20-7-9-2-1-3-11(16)13(9)17/h1-6H,7,18H2. The van der Waals surface area contributed by atoms with Crippen molar-refractivity contribution in [2.45, 2.75) is 6.61 Å². The van der Waals surface area contributed by atoms with Gasteiger partial charge < -0.3 is 10.5 Å². The molecule has 2 N–H and O–H groups in total. The van der Waals surface area contributed by atoms with E-state index in [1.807, 2.05) is 0 Å². The molecule has 0 aliphatic carbocycles. The number of hydrogen-bond donors (Lipinski definition) is 1. The predicted octanol–water partition coefficient (Wildman–Crippen LogP) is 3.56. The molecule has 20 heavy (non-hydrogen) atoms. The number of anilines is 1. The van der Waals surface area contributed by atoms with Gasteiger partial charge in [-0.05, 0) is 24.3 Å². The van der Waals surface area contributed by atoms with Crippen molar-refractivity contribution in [2.24, 2.45) is 0 Å². The van der Waals surface area contributed by atoms with Crippen LogP contribution in [0.25, 0.3) is 0 Å². The van der Waals surface area contributed by atoms with Crippen molar-refractivity contribution in [1.82, 2.24) is 0 Å². The highest BCUT2D eigenvalue weighted by atomic mass is 35.5. The van der Waals surface area contributed by atoms with Gasteiger partial charge in [0, 0.05) is 5.56 Å². The van der Waals surface area contributed by atoms with E-state index in [-0.39, 0.29) is 22.8 Å². The van der Waals surface area contributed by atoms with Crippen molar-refractivity contribution in [3.8, 4) is 0 Å². The molecule has 2 rings (SSSR count). The monoisotopic (exact) mass is 297 g/mol. The van der Waals surface area contributed by atoms with E-state index in [2.05, 4.69) is 0 Å². The second-order valence-electron chi connectivity index (χ2n) is 4.03. The summed E-state index contributed by atoms with van der Waals surface area (Å²) in [5.74, 6) is -2.72. The summed E-state index contributed by atoms with van der Waals surface area (Å²) < 4.78 is 31.2. The first kappa shape index (κ1) is 14.3. The maximum Gasteiger partial charge on any atom is 0.338 e. The molecule has 0 heterocycles. The number of esters is 1. The van der Waals surface area contributed by atoms with Gasteiger partial charge in [-0.3, -0.25) is 0 Å². The molecule has 3 nitrogen and oxygen atoms in total. The van der Waals surface area contributed by atoms with Crippen molar-refractivity contribution in [1.29, 1.82) is 0 Å². The van der Waals surface area contributed by atoms with Crippen LogP contribution in [-0.4, -0.2) is 5.97 Å². The Morgan fingerprint density at radius 1 is 1.25 bits per heavy atom. The minimum atomic E-state index is -1.03. The van der Waals surface area contributed by atoms with E-state index in [0.29, 0.717) is 5.69 Å². The fourth-order valence-electron chi connectivity index (χ4n) is 1.54. The van der Waals surface area contributed by atoms with Gasteiger partial charge >= 0.3 is 5.97 Å². The summed E-state index contributed by atoms with van der Waals surface area (Å²) in [5, 5.41) is 0.219. The maximum absolute atomic E-state index is 13.4. The van der Waals surface area contributed by atoms with Crippen molar-refractivity contribution in [3.05, 3.63) is 64.2 Å². The van der Waals surface area contributed by atoms with Gasteiger partial charge in [0.1, 0.15) is 6.61 Å². The Morgan fingerprint density at radius 2 is 2.00 bits per heavy atom. The molecule has 6 heteroatoms. The molecule has 0 unspecified atom stereocenters. The van der Waals surface area contributed by atoms with Gasteiger partial charge in [-0.25, -0.2) is 13.6 Å². The Balaban J connectivity index is 2.08. The van der Waals surface area contributed by atoms with E-state index >= 15 is 0 Å². The van der Waals surface area contributed by atoms with Crippen LogP contribution in [0.3, 0.4) is 0 Å². The quantitative estimate of drug-likeness (QED) is 0.696. The Morgan fingerprint density at radius 3 is 2.70 bits per heavy atom. The summed E-state index contributed by atoms with van der Waals surface area (Å²) in [4.78, 5) is 11.7. The highest BCUT2D eigenvalue weighted by molar-refractivity contribution is 6.33. The average molecular weight is 298 g/mol. The molecule has 0 aromatic heterocycles. The third-order valence-electron chi connectivity index (χ3n) is 2.63. The summed E-state index contributed by atoms with van der Waals surface area (Å²) in [5.41, 5.74) is 5.99. The molecular formula is C14H10ClF2NO2. The van der Waals surface area contributed by atoms with Gasteiger partial charge in [-0.15, -0.1) is 0 Å². The van der Waals surface area contributed by atoms with Crippen LogP contribution < -0.4 is 5.73 Å². The highest BCUT2D eigenvalue weighted by Crippen LogP contribution is 2.20. The minimum Gasteiger partial charge on any atom is -0.457 e. The predicted molar refractivity (Wildman–Crippen MR) is 71.3 cm³/mol. The number of nitrogens with two attached hydrogens (primary N) is 1. The molecule has 0 atom stereocenters. The van der Waals surface area contributed by atoms with Crippen LogP contribution in [-0.2, 0) is 11.3 Å². The van der Waals surface area contributed by atoms with E-state index < -0.39 is 17.6 Å². The zero-order chi connectivity index (χ0) is 14.7. The van der Waals surface area contributed by atoms with Crippen LogP contribution in [0.1, 0.15) is 15.9 Å². The number of benzene rings is 2. The topological polar surface area (TPSA) is 52.3 Å². The Hall–Kier alpha value is -2.14. The van der Waals surface area contributed by atoms with Crippen molar-refractivity contribution >= 4 is 23.3 Å². The fraction of sp³-hybridized carbons (Fsp3) is 0.0714. The molecule has 2 aromatic rings. The van der Waals surface area contributed by atoms with Crippen LogP contribution in [0.5, 0.6) is 0 Å². The molecule has 0 amide bonds. The van der Waals surface area contributed by atoms with Gasteiger partial charge in [0.05, 0.1) is 16.3 Å². The third kappa shape index (κ3) is 3.05. The molecule has 0 saturated heterocycles. The molecule has 0 radical (unpaired) electrons. The van der Waals surface area contributed by atoms with Crippen LogP contribution >= 0.6 is 11.6 Å². The molecule has 0 bridgehead atoms. The lowest BCUT2D eigenvalue weighted by atomic mass is 10.2. The highest BCUT2D eigenvalue weighted by Gasteiger charge is 2.12. The molecule has 0 saturated carbocycles. The number of rotatable bonds is 3. The van der Waals surface area contributed by atoms with Gasteiger partial charge in [0.2, 0.25) is 0 Å². The first-order valence-corrected chi connectivity index (χ1v) is 6.02. The lowest BCUT2D eigenvalue weighted by molar-refractivity contribution is 0.0468. The summed E-state index contributed by atoms with van der Waals surface area (Å²) in [6.45, 7) is -0.371. The summed E-state index contributed by atoms with van der Waals surface area (Å²) in [7, 11) is 0. The maximum atomic E-state index is 13.4. The number of carbonyl (C=O) groups excluding carboxylic acids is 1. The number of nitrogen functional groups attached to an aromatic ring is 1. The summed E-state index contributed by atoms with van der Waals surface area (Å²) >= 11 is 5.78. The Kier molecular flexibility index (Phi) is 4.20. The summed E-state index contributed by atoms with van der Waals surface area (Å²) in [6, 6.07) is 7.90. The normalized spacial score (nSPS) is 10.3. The molecule has 104 valence electrons. The van der Waals surface area contributed by atoms with E-state index in [9.17, 15) is 13.6 Å². The second-order valence-corrected chi connectivity index (χ2v) is 4.43. The second kappa shape index (κ2) is 5.88. The molecule has 0 aliphatic heterocycles. The van der Waals surface area contributed by atoms with Crippen LogP contribution in [0.15, 0.2) is 36.4 Å². The largest absolute Gasteiger partial charge is 0.457 e. The minimum absolute atomic E-state index is 0.0418. The van der Waals surface area contributed by atoms with Gasteiger partial charge in [0.15, 0.2) is 11.6 Å². The zero-order valence-corrected chi connectivity index (χ0v) is 11.0. The van der Waals surface area contributed by atoms with Crippen molar-refractivity contribution in [2.75, 3.05) is 5.73 Å². The summed E-state index contributed by atoms with van der Waals surface area (Å²) in [6.07, 6.45) is 0. The lowest BCUT2D eigenvalue weighted by Gasteiger charge is -2.07. The van der Waals surface area contributed by atoms with E-state index in [1.165, 1.54) is 30.3 Å². The van der Waals surface area contributed by atoms with Gasteiger partial charge in [-0.1, -0.05) is 23.7 Å². The zero-order valence-electron chi connectivity index (χ0n) is 10.2. The fourth-order valence-corrected chi connectivity index (χ4v) is 1.72. The molecule has 0 fully saturated rings. The average Bonchev–Trinajstić information content (AvgIpc) is 2.43. The van der Waals surface area contributed by atoms with E-state index in [1.54, 1.807) is 0 Å². The SMILES string of the molecule is Nc1ccc(C(=O)OCc2cccc(F)c2F)cc1Cl. The Bertz CT molecular complexity index is 662. The number of halogens is 3. The smallest absolute Gasteiger partial charge is 0.338 e. The molecule has 0 spiro atoms. The lowest BCUT2D eigenvalue weighted by Crippen LogP contribution is -2.07. The number of hydrogen-bond acceptors (Lipinski definition) is 3. The molecule has 2 aromatic carbocycles. The molecule has 0 aliphatic rings. The van der Waals surface area contributed by atoms with Crippen LogP contribution in [0.2, 0.25) is 5.02 Å². The Labute approximate surface area is 118 Å². The van der Waals surface area contributed by atoms with Crippen LogP contribution in [0, 0.1) is 11.6 Å². The van der Waals surface area contributed by atoms with Gasteiger partial charge in [-0.2, -0.15) is 0 Å². The number of ether oxygens (including phenoxy) is 1. The van der Waals surface area contributed by atoms with Crippen molar-refractivity contribution < 1.29 is 18.3 Å². The van der Waals surface area contributed by atoms with Crippen LogP contribution in [0.4, 0.5) is 14.5 Å². The third-order valence-corrected chi connectivity index (χ3v) is 2.95. The molecular weight excluding hydrogens is 288 g/mol.